The monoisotopic (exact) mass is 335 g/mol. The van der Waals surface area contributed by atoms with Crippen LogP contribution in [-0.4, -0.2) is 18.9 Å². The van der Waals surface area contributed by atoms with Crippen LogP contribution in [0, 0.1) is 16.7 Å². The van der Waals surface area contributed by atoms with Crippen molar-refractivity contribution >= 4 is 23.2 Å². The van der Waals surface area contributed by atoms with Crippen molar-refractivity contribution in [3.8, 4) is 11.8 Å². The van der Waals surface area contributed by atoms with E-state index in [4.69, 9.17) is 10.00 Å². The van der Waals surface area contributed by atoms with Crippen molar-refractivity contribution in [2.24, 2.45) is 5.41 Å². The molecule has 2 N–H and O–H groups in total. The first-order valence-electron chi connectivity index (χ1n) is 7.84. The van der Waals surface area contributed by atoms with E-state index in [9.17, 15) is 9.59 Å². The normalized spacial score (nSPS) is 14.1. The molecule has 1 fully saturated rings. The molecule has 1 aliphatic rings. The lowest BCUT2D eigenvalue weighted by Crippen LogP contribution is -2.35. The summed E-state index contributed by atoms with van der Waals surface area (Å²) < 4.78 is 5.13. The third kappa shape index (κ3) is 3.45. The van der Waals surface area contributed by atoms with Crippen LogP contribution >= 0.6 is 0 Å². The van der Waals surface area contributed by atoms with E-state index in [1.807, 2.05) is 6.07 Å². The van der Waals surface area contributed by atoms with Crippen LogP contribution in [0.25, 0.3) is 0 Å². The van der Waals surface area contributed by atoms with Gasteiger partial charge in [0.25, 0.3) is 0 Å². The Morgan fingerprint density at radius 2 is 1.64 bits per heavy atom. The SMILES string of the molecule is COc1cccc(NC(=O)C2(C(=O)Nc3cccc(C#N)c3)CC2)c1. The molecule has 0 aliphatic heterocycles. The largest absolute Gasteiger partial charge is 0.497 e. The molecule has 6 nitrogen and oxygen atoms in total. The number of hydrogen-bond donors (Lipinski definition) is 2. The zero-order valence-electron chi connectivity index (χ0n) is 13.7. The fourth-order valence-electron chi connectivity index (χ4n) is 2.55. The van der Waals surface area contributed by atoms with Crippen molar-refractivity contribution < 1.29 is 14.3 Å². The molecule has 0 bridgehead atoms. The van der Waals surface area contributed by atoms with Gasteiger partial charge in [-0.1, -0.05) is 12.1 Å². The van der Waals surface area contributed by atoms with Crippen LogP contribution in [-0.2, 0) is 9.59 Å². The number of hydrogen-bond acceptors (Lipinski definition) is 4. The quantitative estimate of drug-likeness (QED) is 0.822. The number of nitrogens with one attached hydrogen (secondary N) is 2. The Balaban J connectivity index is 1.71. The van der Waals surface area contributed by atoms with Crippen molar-refractivity contribution in [1.82, 2.24) is 0 Å². The van der Waals surface area contributed by atoms with Gasteiger partial charge in [-0.25, -0.2) is 0 Å². The molecule has 0 saturated heterocycles. The number of nitriles is 1. The third-order valence-corrected chi connectivity index (χ3v) is 4.20. The molecule has 1 aliphatic carbocycles. The van der Waals surface area contributed by atoms with Crippen molar-refractivity contribution in [3.05, 3.63) is 54.1 Å². The standard InChI is InChI=1S/C19H17N3O3/c1-25-16-7-3-6-15(11-16)22-18(24)19(8-9-19)17(23)21-14-5-2-4-13(10-14)12-20/h2-7,10-11H,8-9H2,1H3,(H,21,23)(H,22,24). The second-order valence-corrected chi connectivity index (χ2v) is 5.91. The number of carbonyl (C=O) groups is 2. The summed E-state index contributed by atoms with van der Waals surface area (Å²) in [7, 11) is 1.55. The maximum atomic E-state index is 12.6. The second-order valence-electron chi connectivity index (χ2n) is 5.91. The Hall–Kier alpha value is -3.33. The van der Waals surface area contributed by atoms with Crippen LogP contribution in [0.15, 0.2) is 48.5 Å². The molecule has 1 saturated carbocycles. The van der Waals surface area contributed by atoms with Crippen molar-refractivity contribution in [3.63, 3.8) is 0 Å². The highest BCUT2D eigenvalue weighted by Gasteiger charge is 2.56. The lowest BCUT2D eigenvalue weighted by molar-refractivity contribution is -0.131. The highest BCUT2D eigenvalue weighted by molar-refractivity contribution is 6.16. The molecule has 126 valence electrons. The Labute approximate surface area is 145 Å². The zero-order valence-corrected chi connectivity index (χ0v) is 13.7. The number of nitrogens with zero attached hydrogens (tertiary/aromatic N) is 1. The summed E-state index contributed by atoms with van der Waals surface area (Å²) in [6.07, 6.45) is 0.985. The third-order valence-electron chi connectivity index (χ3n) is 4.20. The minimum absolute atomic E-state index is 0.338. The summed E-state index contributed by atoms with van der Waals surface area (Å²) in [6, 6.07) is 15.6. The molecule has 6 heteroatoms. The molecule has 3 rings (SSSR count). The van der Waals surface area contributed by atoms with Crippen LogP contribution in [0.5, 0.6) is 5.75 Å². The van der Waals surface area contributed by atoms with E-state index in [1.54, 1.807) is 55.6 Å². The maximum Gasteiger partial charge on any atom is 0.240 e. The van der Waals surface area contributed by atoms with Gasteiger partial charge in [0.05, 0.1) is 18.7 Å². The number of carbonyl (C=O) groups excluding carboxylic acids is 2. The molecule has 25 heavy (non-hydrogen) atoms. The summed E-state index contributed by atoms with van der Waals surface area (Å²) in [4.78, 5) is 25.2. The molecule has 0 spiro atoms. The Morgan fingerprint density at radius 3 is 2.20 bits per heavy atom. The van der Waals surface area contributed by atoms with Gasteiger partial charge in [-0.05, 0) is 43.2 Å². The Kier molecular flexibility index (Phi) is 4.40. The second kappa shape index (κ2) is 6.65. The van der Waals surface area contributed by atoms with Crippen molar-refractivity contribution in [2.45, 2.75) is 12.8 Å². The molecular weight excluding hydrogens is 318 g/mol. The minimum Gasteiger partial charge on any atom is -0.497 e. The number of ether oxygens (including phenoxy) is 1. The predicted molar refractivity (Wildman–Crippen MR) is 93.1 cm³/mol. The first kappa shape index (κ1) is 16.5. The van der Waals surface area contributed by atoms with E-state index >= 15 is 0 Å². The van der Waals surface area contributed by atoms with Gasteiger partial charge in [-0.3, -0.25) is 9.59 Å². The van der Waals surface area contributed by atoms with Crippen LogP contribution in [0.1, 0.15) is 18.4 Å². The van der Waals surface area contributed by atoms with E-state index in [-0.39, 0.29) is 11.8 Å². The smallest absolute Gasteiger partial charge is 0.240 e. The van der Waals surface area contributed by atoms with Crippen LogP contribution in [0.3, 0.4) is 0 Å². The molecule has 2 aromatic carbocycles. The zero-order chi connectivity index (χ0) is 17.9. The first-order valence-corrected chi connectivity index (χ1v) is 7.84. The molecule has 2 amide bonds. The van der Waals surface area contributed by atoms with Gasteiger partial charge < -0.3 is 15.4 Å². The first-order chi connectivity index (χ1) is 12.1. The van der Waals surface area contributed by atoms with Crippen LogP contribution < -0.4 is 15.4 Å². The predicted octanol–water partition coefficient (Wildman–Crippen LogP) is 2.92. The summed E-state index contributed by atoms with van der Waals surface area (Å²) in [6.45, 7) is 0. The van der Waals surface area contributed by atoms with Gasteiger partial charge in [0, 0.05) is 17.4 Å². The number of amides is 2. The fraction of sp³-hybridized carbons (Fsp3) is 0.211. The van der Waals surface area contributed by atoms with Crippen LogP contribution in [0.2, 0.25) is 0 Å². The number of anilines is 2. The van der Waals surface area contributed by atoms with Gasteiger partial charge in [-0.2, -0.15) is 5.26 Å². The molecule has 2 aromatic rings. The molecule has 0 atom stereocenters. The van der Waals surface area contributed by atoms with Gasteiger partial charge in [0.2, 0.25) is 11.8 Å². The van der Waals surface area contributed by atoms with Crippen molar-refractivity contribution in [2.75, 3.05) is 17.7 Å². The van der Waals surface area contributed by atoms with E-state index < -0.39 is 5.41 Å². The van der Waals surface area contributed by atoms with E-state index in [0.29, 0.717) is 35.5 Å². The van der Waals surface area contributed by atoms with Gasteiger partial charge in [0.1, 0.15) is 11.2 Å². The van der Waals surface area contributed by atoms with Gasteiger partial charge >= 0.3 is 0 Å². The number of benzene rings is 2. The van der Waals surface area contributed by atoms with E-state index in [0.717, 1.165) is 0 Å². The molecule has 0 aromatic heterocycles. The summed E-state index contributed by atoms with van der Waals surface area (Å²) in [5.74, 6) is -0.0712. The minimum atomic E-state index is -1.06. The van der Waals surface area contributed by atoms with Gasteiger partial charge in [0.15, 0.2) is 0 Å². The fourth-order valence-corrected chi connectivity index (χ4v) is 2.55. The lowest BCUT2D eigenvalue weighted by Gasteiger charge is -2.16. The highest BCUT2D eigenvalue weighted by atomic mass is 16.5. The molecule has 0 radical (unpaired) electrons. The number of methoxy groups -OCH3 is 1. The maximum absolute atomic E-state index is 12.6. The Bertz CT molecular complexity index is 866. The molecule has 0 heterocycles. The molecular formula is C19H17N3O3. The van der Waals surface area contributed by atoms with Gasteiger partial charge in [-0.15, -0.1) is 0 Å². The summed E-state index contributed by atoms with van der Waals surface area (Å²) >= 11 is 0. The van der Waals surface area contributed by atoms with Crippen LogP contribution in [0.4, 0.5) is 11.4 Å². The topological polar surface area (TPSA) is 91.2 Å². The van der Waals surface area contributed by atoms with Crippen molar-refractivity contribution in [1.29, 1.82) is 5.26 Å². The number of rotatable bonds is 5. The average Bonchev–Trinajstić information content (AvgIpc) is 3.44. The average molecular weight is 335 g/mol. The van der Waals surface area contributed by atoms with E-state index in [1.165, 1.54) is 0 Å². The Morgan fingerprint density at radius 1 is 1.04 bits per heavy atom. The summed E-state index contributed by atoms with van der Waals surface area (Å²) in [5.41, 5.74) is 0.467. The highest BCUT2D eigenvalue weighted by Crippen LogP contribution is 2.47. The summed E-state index contributed by atoms with van der Waals surface area (Å²) in [5, 5.41) is 14.4. The molecule has 0 unspecified atom stereocenters. The van der Waals surface area contributed by atoms with E-state index in [2.05, 4.69) is 10.6 Å². The lowest BCUT2D eigenvalue weighted by atomic mass is 10.0.